The first-order valence-corrected chi connectivity index (χ1v) is 10.4. The molecule has 6 heteroatoms. The number of rotatable bonds is 5. The molecule has 0 fully saturated rings. The first-order chi connectivity index (χ1) is 15.3. The smallest absolute Gasteiger partial charge is 0.123 e. The highest BCUT2D eigenvalue weighted by Crippen LogP contribution is 2.30. The van der Waals surface area contributed by atoms with Crippen LogP contribution in [0.2, 0.25) is 0 Å². The van der Waals surface area contributed by atoms with Gasteiger partial charge in [0.2, 0.25) is 0 Å². The van der Waals surface area contributed by atoms with E-state index in [1.165, 1.54) is 0 Å². The molecule has 31 heavy (non-hydrogen) atoms. The van der Waals surface area contributed by atoms with Crippen LogP contribution in [0.5, 0.6) is 5.75 Å². The van der Waals surface area contributed by atoms with Gasteiger partial charge in [-0.3, -0.25) is 15.0 Å². The van der Waals surface area contributed by atoms with E-state index >= 15 is 0 Å². The van der Waals surface area contributed by atoms with Crippen LogP contribution < -0.4 is 4.74 Å². The number of nitrogens with zero attached hydrogens (tertiary/aromatic N) is 3. The van der Waals surface area contributed by atoms with Crippen molar-refractivity contribution in [2.24, 2.45) is 0 Å². The van der Waals surface area contributed by atoms with Crippen LogP contribution in [-0.2, 0) is 13.1 Å². The van der Waals surface area contributed by atoms with Gasteiger partial charge in [0.1, 0.15) is 18.5 Å². The van der Waals surface area contributed by atoms with Crippen molar-refractivity contribution in [1.82, 2.24) is 20.1 Å². The average molecular weight is 412 g/mol. The van der Waals surface area contributed by atoms with Crippen molar-refractivity contribution in [3.8, 4) is 17.0 Å². The van der Waals surface area contributed by atoms with Crippen molar-refractivity contribution in [2.75, 3.05) is 13.2 Å². The van der Waals surface area contributed by atoms with E-state index in [4.69, 9.17) is 4.74 Å². The van der Waals surface area contributed by atoms with E-state index < -0.39 is 6.10 Å². The fourth-order valence-electron chi connectivity index (χ4n) is 4.03. The van der Waals surface area contributed by atoms with Crippen LogP contribution in [0.15, 0.2) is 79.3 Å². The van der Waals surface area contributed by atoms with Gasteiger partial charge in [0.25, 0.3) is 0 Å². The number of hydrogen-bond donors (Lipinski definition) is 2. The van der Waals surface area contributed by atoms with Crippen LogP contribution in [0.25, 0.3) is 11.3 Å². The maximum Gasteiger partial charge on any atom is 0.123 e. The Labute approximate surface area is 181 Å². The summed E-state index contributed by atoms with van der Waals surface area (Å²) in [4.78, 5) is 6.47. The number of hydrogen-bond acceptors (Lipinski definition) is 5. The van der Waals surface area contributed by atoms with Crippen molar-refractivity contribution >= 4 is 0 Å². The number of aromatic nitrogens is 3. The van der Waals surface area contributed by atoms with E-state index in [1.54, 1.807) is 12.4 Å². The van der Waals surface area contributed by atoms with E-state index in [2.05, 4.69) is 32.2 Å². The van der Waals surface area contributed by atoms with Crippen LogP contribution in [0.3, 0.4) is 0 Å². The summed E-state index contributed by atoms with van der Waals surface area (Å²) in [7, 11) is 0. The molecule has 0 saturated carbocycles. The number of H-pyrrole nitrogens is 1. The number of aliphatic hydroxyl groups is 1. The summed E-state index contributed by atoms with van der Waals surface area (Å²) in [5.74, 6) is 0.875. The van der Waals surface area contributed by atoms with Crippen LogP contribution in [0, 0.1) is 0 Å². The van der Waals surface area contributed by atoms with Gasteiger partial charge in [-0.25, -0.2) is 0 Å². The largest absolute Gasteiger partial charge is 0.492 e. The Balaban J connectivity index is 1.38. The normalized spacial score (nSPS) is 15.0. The Hall–Kier alpha value is -3.48. The molecule has 0 saturated heterocycles. The standard InChI is InChI=1S/C25H24N4O2/c30-25(20-7-4-10-26-14-20)19-8-9-23-21(13-19)16-29(11-12-31-23)17-22-15-27-28-24(22)18-5-2-1-3-6-18/h1-10,13-15,25,30H,11-12,16-17H2,(H,27,28). The SMILES string of the molecule is OC(c1cccnc1)c1ccc2c(c1)CN(Cc1cn[nH]c1-c1ccccc1)CCO2. The molecular weight excluding hydrogens is 388 g/mol. The first-order valence-electron chi connectivity index (χ1n) is 10.4. The van der Waals surface area contributed by atoms with E-state index in [0.717, 1.165) is 58.9 Å². The lowest BCUT2D eigenvalue weighted by Crippen LogP contribution is -2.25. The van der Waals surface area contributed by atoms with Gasteiger partial charge in [-0.15, -0.1) is 0 Å². The Morgan fingerprint density at radius 3 is 2.77 bits per heavy atom. The third-order valence-electron chi connectivity index (χ3n) is 5.63. The molecule has 1 unspecified atom stereocenters. The molecule has 1 atom stereocenters. The molecule has 0 spiro atoms. The molecule has 3 heterocycles. The molecule has 2 aromatic carbocycles. The van der Waals surface area contributed by atoms with E-state index in [1.807, 2.05) is 54.7 Å². The topological polar surface area (TPSA) is 74.3 Å². The van der Waals surface area contributed by atoms with Gasteiger partial charge < -0.3 is 9.84 Å². The maximum atomic E-state index is 10.8. The molecule has 156 valence electrons. The van der Waals surface area contributed by atoms with Crippen molar-refractivity contribution in [2.45, 2.75) is 19.2 Å². The molecule has 0 bridgehead atoms. The summed E-state index contributed by atoms with van der Waals surface area (Å²) >= 11 is 0. The van der Waals surface area contributed by atoms with Crippen LogP contribution in [0.1, 0.15) is 28.4 Å². The van der Waals surface area contributed by atoms with Gasteiger partial charge in [-0.2, -0.15) is 5.10 Å². The number of aromatic amines is 1. The molecule has 1 aliphatic heterocycles. The second-order valence-corrected chi connectivity index (χ2v) is 7.75. The Bertz CT molecular complexity index is 1140. The lowest BCUT2D eigenvalue weighted by Gasteiger charge is -2.20. The van der Waals surface area contributed by atoms with Crippen molar-refractivity contribution in [3.63, 3.8) is 0 Å². The second kappa shape index (κ2) is 8.71. The van der Waals surface area contributed by atoms with Crippen LogP contribution >= 0.6 is 0 Å². The highest BCUT2D eigenvalue weighted by Gasteiger charge is 2.20. The second-order valence-electron chi connectivity index (χ2n) is 7.75. The molecule has 0 aliphatic carbocycles. The van der Waals surface area contributed by atoms with Crippen LogP contribution in [0.4, 0.5) is 0 Å². The summed E-state index contributed by atoms with van der Waals surface area (Å²) in [5, 5.41) is 18.2. The molecule has 1 aliphatic rings. The Morgan fingerprint density at radius 1 is 1.03 bits per heavy atom. The minimum Gasteiger partial charge on any atom is -0.492 e. The number of benzene rings is 2. The summed E-state index contributed by atoms with van der Waals surface area (Å²) in [6.07, 6.45) is 4.59. The Kier molecular flexibility index (Phi) is 5.48. The zero-order chi connectivity index (χ0) is 21.0. The lowest BCUT2D eigenvalue weighted by molar-refractivity contribution is 0.218. The van der Waals surface area contributed by atoms with Crippen molar-refractivity contribution in [3.05, 3.63) is 102 Å². The van der Waals surface area contributed by atoms with Gasteiger partial charge in [-0.1, -0.05) is 42.5 Å². The highest BCUT2D eigenvalue weighted by atomic mass is 16.5. The zero-order valence-electron chi connectivity index (χ0n) is 17.1. The fraction of sp³-hybridized carbons (Fsp3) is 0.200. The summed E-state index contributed by atoms with van der Waals surface area (Å²) in [6, 6.07) is 19.9. The molecule has 6 nitrogen and oxygen atoms in total. The summed E-state index contributed by atoms with van der Waals surface area (Å²) in [5.41, 5.74) is 6.02. The van der Waals surface area contributed by atoms with E-state index in [-0.39, 0.29) is 0 Å². The quantitative estimate of drug-likeness (QED) is 0.519. The maximum absolute atomic E-state index is 10.8. The van der Waals surface area contributed by atoms with Gasteiger partial charge in [0, 0.05) is 48.7 Å². The lowest BCUT2D eigenvalue weighted by atomic mass is 10.00. The fourth-order valence-corrected chi connectivity index (χ4v) is 4.03. The molecule has 2 aromatic heterocycles. The molecule has 2 N–H and O–H groups in total. The number of pyridine rings is 1. The zero-order valence-corrected chi connectivity index (χ0v) is 17.1. The van der Waals surface area contributed by atoms with E-state index in [0.29, 0.717) is 6.61 Å². The molecule has 5 rings (SSSR count). The predicted molar refractivity (Wildman–Crippen MR) is 118 cm³/mol. The highest BCUT2D eigenvalue weighted by molar-refractivity contribution is 5.62. The van der Waals surface area contributed by atoms with Gasteiger partial charge in [-0.05, 0) is 29.3 Å². The number of fused-ring (bicyclic) bond motifs is 1. The summed E-state index contributed by atoms with van der Waals surface area (Å²) < 4.78 is 5.99. The number of aliphatic hydroxyl groups excluding tert-OH is 1. The van der Waals surface area contributed by atoms with E-state index in [9.17, 15) is 5.11 Å². The minimum absolute atomic E-state index is 0.621. The van der Waals surface area contributed by atoms with Crippen molar-refractivity contribution < 1.29 is 9.84 Å². The first kappa shape index (κ1) is 19.5. The van der Waals surface area contributed by atoms with Crippen molar-refractivity contribution in [1.29, 1.82) is 0 Å². The van der Waals surface area contributed by atoms with Gasteiger partial charge in [0.15, 0.2) is 0 Å². The molecule has 0 radical (unpaired) electrons. The average Bonchev–Trinajstić information content (AvgIpc) is 3.18. The third-order valence-corrected chi connectivity index (χ3v) is 5.63. The van der Waals surface area contributed by atoms with Crippen LogP contribution in [-0.4, -0.2) is 38.3 Å². The Morgan fingerprint density at radius 2 is 1.94 bits per heavy atom. The minimum atomic E-state index is -0.714. The molecule has 4 aromatic rings. The van der Waals surface area contributed by atoms with Gasteiger partial charge in [0.05, 0.1) is 11.9 Å². The number of ether oxygens (including phenoxy) is 1. The third kappa shape index (κ3) is 4.21. The monoisotopic (exact) mass is 412 g/mol. The molecular formula is C25H24N4O2. The predicted octanol–water partition coefficient (Wildman–Crippen LogP) is 3.95. The number of nitrogens with one attached hydrogen (secondary N) is 1. The van der Waals surface area contributed by atoms with Gasteiger partial charge >= 0.3 is 0 Å². The molecule has 0 amide bonds. The summed E-state index contributed by atoms with van der Waals surface area (Å²) in [6.45, 7) is 2.94.